The fourth-order valence-corrected chi connectivity index (χ4v) is 5.19. The number of unbranched alkanes of at least 4 members (excludes halogenated alkanes) is 2. The highest BCUT2D eigenvalue weighted by molar-refractivity contribution is 6.34. The third-order valence-electron chi connectivity index (χ3n) is 7.07. The topological polar surface area (TPSA) is 68.7 Å². The maximum atomic E-state index is 10.7. The number of aliphatic carboxylic acids is 1. The van der Waals surface area contributed by atoms with Crippen molar-refractivity contribution in [2.75, 3.05) is 0 Å². The van der Waals surface area contributed by atoms with Crippen LogP contribution in [0, 0.1) is 0 Å². The van der Waals surface area contributed by atoms with Crippen molar-refractivity contribution in [2.45, 2.75) is 76.1 Å². The number of halogens is 2. The van der Waals surface area contributed by atoms with E-state index in [0.29, 0.717) is 29.2 Å². The first kappa shape index (κ1) is 26.0. The largest absolute Gasteiger partial charge is 0.490 e. The minimum Gasteiger partial charge on any atom is -0.490 e. The molecule has 0 spiro atoms. The first-order valence-corrected chi connectivity index (χ1v) is 13.7. The van der Waals surface area contributed by atoms with Crippen molar-refractivity contribution < 1.29 is 19.4 Å². The monoisotopic (exact) mass is 539 g/mol. The van der Waals surface area contributed by atoms with E-state index in [1.807, 2.05) is 48.8 Å². The normalized spacial score (nSPS) is 15.9. The maximum Gasteiger partial charge on any atom is 0.303 e. The van der Waals surface area contributed by atoms with E-state index >= 15 is 0 Å². The van der Waals surface area contributed by atoms with Crippen LogP contribution in [0.3, 0.4) is 0 Å². The van der Waals surface area contributed by atoms with E-state index in [1.54, 1.807) is 0 Å². The number of carbonyl (C=O) groups is 1. The Labute approximate surface area is 227 Å². The van der Waals surface area contributed by atoms with E-state index in [9.17, 15) is 4.79 Å². The molecule has 1 N–H and O–H groups in total. The Morgan fingerprint density at radius 3 is 2.51 bits per heavy atom. The Hall–Kier alpha value is -2.60. The lowest BCUT2D eigenvalue weighted by molar-refractivity contribution is -0.137. The predicted molar refractivity (Wildman–Crippen MR) is 145 cm³/mol. The van der Waals surface area contributed by atoms with E-state index in [4.69, 9.17) is 37.8 Å². The van der Waals surface area contributed by atoms with E-state index in [1.165, 1.54) is 0 Å². The lowest BCUT2D eigenvalue weighted by Gasteiger charge is -2.22. The molecule has 2 saturated carbocycles. The summed E-state index contributed by atoms with van der Waals surface area (Å²) in [6.45, 7) is 0.353. The molecular formula is C30H31Cl2NO4. The van der Waals surface area contributed by atoms with Crippen LogP contribution in [0.2, 0.25) is 10.0 Å². The minimum absolute atomic E-state index is 0.199. The summed E-state index contributed by atoms with van der Waals surface area (Å²) in [6, 6.07) is 14.0. The molecule has 3 aromatic rings. The van der Waals surface area contributed by atoms with Gasteiger partial charge in [-0.25, -0.2) is 0 Å². The molecule has 37 heavy (non-hydrogen) atoms. The molecule has 0 amide bonds. The summed E-state index contributed by atoms with van der Waals surface area (Å²) in [4.78, 5) is 15.1. The van der Waals surface area contributed by atoms with Crippen LogP contribution in [0.25, 0.3) is 11.1 Å². The van der Waals surface area contributed by atoms with Crippen molar-refractivity contribution in [3.63, 3.8) is 0 Å². The number of hydrogen-bond acceptors (Lipinski definition) is 4. The van der Waals surface area contributed by atoms with Gasteiger partial charge < -0.3 is 14.6 Å². The summed E-state index contributed by atoms with van der Waals surface area (Å²) in [5, 5.41) is 10.1. The molecule has 2 aliphatic carbocycles. The van der Waals surface area contributed by atoms with Crippen LogP contribution in [0.4, 0.5) is 0 Å². The molecule has 0 bridgehead atoms. The minimum atomic E-state index is -0.756. The summed E-state index contributed by atoms with van der Waals surface area (Å²) in [6.07, 6.45) is 11.4. The number of rotatable bonds is 13. The van der Waals surface area contributed by atoms with Gasteiger partial charge in [-0.1, -0.05) is 47.8 Å². The standard InChI is InChI=1S/C30H31Cl2NO4/c31-26-17-21(27(32)16-20(26)6-2-1-3-9-29(34)35)19-36-30(13-14-30)25-18-33-15-12-23(25)24-7-4-5-8-28(24)37-22-10-11-22/h4-5,7-8,12,15-18,22H,1-3,6,9-11,13-14,19H2,(H,34,35). The molecule has 0 aliphatic heterocycles. The Balaban J connectivity index is 1.28. The maximum absolute atomic E-state index is 10.7. The van der Waals surface area contributed by atoms with E-state index < -0.39 is 11.6 Å². The molecule has 2 fully saturated rings. The summed E-state index contributed by atoms with van der Waals surface area (Å²) < 4.78 is 12.7. The first-order chi connectivity index (χ1) is 17.9. The highest BCUT2D eigenvalue weighted by Gasteiger charge is 2.47. The first-order valence-electron chi connectivity index (χ1n) is 13.0. The number of hydrogen-bond donors (Lipinski definition) is 1. The lowest BCUT2D eigenvalue weighted by Crippen LogP contribution is -2.14. The van der Waals surface area contributed by atoms with Gasteiger partial charge in [-0.05, 0) is 85.9 Å². The molecule has 0 unspecified atom stereocenters. The number of carboxylic acid groups (broad SMARTS) is 1. The van der Waals surface area contributed by atoms with Gasteiger partial charge in [0.25, 0.3) is 0 Å². The fraction of sp³-hybridized carbons (Fsp3) is 0.400. The number of aromatic nitrogens is 1. The number of para-hydroxylation sites is 1. The van der Waals surface area contributed by atoms with E-state index in [2.05, 4.69) is 11.1 Å². The summed E-state index contributed by atoms with van der Waals surface area (Å²) >= 11 is 13.2. The van der Waals surface area contributed by atoms with Crippen LogP contribution >= 0.6 is 23.2 Å². The van der Waals surface area contributed by atoms with E-state index in [-0.39, 0.29) is 6.42 Å². The van der Waals surface area contributed by atoms with Crippen molar-refractivity contribution in [1.29, 1.82) is 0 Å². The number of carboxylic acids is 1. The molecule has 0 saturated heterocycles. The van der Waals surface area contributed by atoms with Crippen LogP contribution in [0.15, 0.2) is 54.9 Å². The van der Waals surface area contributed by atoms with Gasteiger partial charge in [0.05, 0.1) is 18.3 Å². The highest BCUT2D eigenvalue weighted by Crippen LogP contribution is 2.53. The third-order valence-corrected chi connectivity index (χ3v) is 7.77. The fourth-order valence-electron chi connectivity index (χ4n) is 4.67. The zero-order valence-electron chi connectivity index (χ0n) is 20.7. The number of pyridine rings is 1. The van der Waals surface area contributed by atoms with Crippen LogP contribution < -0.4 is 4.74 Å². The van der Waals surface area contributed by atoms with Crippen molar-refractivity contribution in [1.82, 2.24) is 4.98 Å². The van der Waals surface area contributed by atoms with Crippen LogP contribution in [0.5, 0.6) is 5.75 Å². The SMILES string of the molecule is O=C(O)CCCCCc1cc(Cl)c(COC2(c3cnccc3-c3ccccc3OC3CC3)CC2)cc1Cl. The van der Waals surface area contributed by atoms with Gasteiger partial charge in [-0.3, -0.25) is 9.78 Å². The Bertz CT molecular complexity index is 1270. The Kier molecular flexibility index (Phi) is 8.04. The van der Waals surface area contributed by atoms with Gasteiger partial charge >= 0.3 is 5.97 Å². The number of benzene rings is 2. The Morgan fingerprint density at radius 1 is 1.00 bits per heavy atom. The third kappa shape index (κ3) is 6.46. The van der Waals surface area contributed by atoms with Crippen LogP contribution in [0.1, 0.15) is 68.1 Å². The van der Waals surface area contributed by atoms with Crippen molar-refractivity contribution in [2.24, 2.45) is 0 Å². The molecule has 194 valence electrons. The average molecular weight is 540 g/mol. The smallest absolute Gasteiger partial charge is 0.303 e. The molecule has 2 aromatic carbocycles. The zero-order chi connectivity index (χ0) is 25.8. The van der Waals surface area contributed by atoms with Crippen LogP contribution in [-0.4, -0.2) is 22.2 Å². The molecule has 5 nitrogen and oxygen atoms in total. The lowest BCUT2D eigenvalue weighted by atomic mass is 9.96. The van der Waals surface area contributed by atoms with Gasteiger partial charge in [-0.15, -0.1) is 0 Å². The van der Waals surface area contributed by atoms with Crippen molar-refractivity contribution in [3.05, 3.63) is 81.6 Å². The Morgan fingerprint density at radius 2 is 1.76 bits per heavy atom. The molecule has 7 heteroatoms. The van der Waals surface area contributed by atoms with Gasteiger partial charge in [0.15, 0.2) is 0 Å². The molecular weight excluding hydrogens is 509 g/mol. The number of aryl methyl sites for hydroxylation is 1. The second-order valence-electron chi connectivity index (χ2n) is 10.0. The predicted octanol–water partition coefficient (Wildman–Crippen LogP) is 7.99. The quantitative estimate of drug-likeness (QED) is 0.223. The van der Waals surface area contributed by atoms with Gasteiger partial charge in [0, 0.05) is 40.0 Å². The molecule has 0 radical (unpaired) electrons. The number of nitrogens with zero attached hydrogens (tertiary/aromatic N) is 1. The zero-order valence-corrected chi connectivity index (χ0v) is 22.2. The molecule has 0 atom stereocenters. The van der Waals surface area contributed by atoms with Gasteiger partial charge in [0.1, 0.15) is 5.75 Å². The average Bonchev–Trinajstić information content (AvgIpc) is 3.82. The number of ether oxygens (including phenoxy) is 2. The molecule has 1 heterocycles. The van der Waals surface area contributed by atoms with Crippen molar-refractivity contribution >= 4 is 29.2 Å². The summed E-state index contributed by atoms with van der Waals surface area (Å²) in [7, 11) is 0. The highest BCUT2D eigenvalue weighted by atomic mass is 35.5. The molecule has 2 aliphatic rings. The molecule has 5 rings (SSSR count). The van der Waals surface area contributed by atoms with Crippen LogP contribution in [-0.2, 0) is 28.2 Å². The van der Waals surface area contributed by atoms with Gasteiger partial charge in [-0.2, -0.15) is 0 Å². The van der Waals surface area contributed by atoms with Crippen molar-refractivity contribution in [3.8, 4) is 16.9 Å². The van der Waals surface area contributed by atoms with Gasteiger partial charge in [0.2, 0.25) is 0 Å². The second kappa shape index (κ2) is 11.4. The summed E-state index contributed by atoms with van der Waals surface area (Å²) in [5.41, 5.74) is 4.65. The molecule has 1 aromatic heterocycles. The van der Waals surface area contributed by atoms with E-state index in [0.717, 1.165) is 78.5 Å². The second-order valence-corrected chi connectivity index (χ2v) is 10.8. The summed E-state index contributed by atoms with van der Waals surface area (Å²) in [5.74, 6) is 0.148.